The number of hydrogen-bond donors (Lipinski definition) is 0. The van der Waals surface area contributed by atoms with Crippen molar-refractivity contribution in [3.63, 3.8) is 0 Å². The highest BCUT2D eigenvalue weighted by Crippen LogP contribution is 2.22. The van der Waals surface area contributed by atoms with Crippen LogP contribution in [-0.4, -0.2) is 40.4 Å². The van der Waals surface area contributed by atoms with Gasteiger partial charge in [0.15, 0.2) is 0 Å². The molecule has 28 heavy (non-hydrogen) atoms. The van der Waals surface area contributed by atoms with Crippen LogP contribution in [-0.2, 0) is 13.6 Å². The van der Waals surface area contributed by atoms with Gasteiger partial charge >= 0.3 is 0 Å². The fraction of sp³-hybridized carbons (Fsp3) is 0.286. The lowest BCUT2D eigenvalue weighted by Crippen LogP contribution is -2.46. The predicted molar refractivity (Wildman–Crippen MR) is 118 cm³/mol. The SMILES string of the molecule is Cn1c(CN2CCN(c3ccc(Br)cc3)CC2)c(Cl)c(=O)n1-c1ccccc1. The van der Waals surface area contributed by atoms with Crippen molar-refractivity contribution in [3.05, 3.63) is 80.1 Å². The predicted octanol–water partition coefficient (Wildman–Crippen LogP) is 3.91. The molecule has 0 spiro atoms. The van der Waals surface area contributed by atoms with Crippen molar-refractivity contribution in [2.45, 2.75) is 6.54 Å². The van der Waals surface area contributed by atoms with Crippen molar-refractivity contribution < 1.29 is 0 Å². The normalized spacial score (nSPS) is 15.2. The summed E-state index contributed by atoms with van der Waals surface area (Å²) >= 11 is 9.92. The third-order valence-corrected chi connectivity index (χ3v) is 6.17. The van der Waals surface area contributed by atoms with E-state index in [-0.39, 0.29) is 5.56 Å². The monoisotopic (exact) mass is 460 g/mol. The lowest BCUT2D eigenvalue weighted by molar-refractivity contribution is 0.243. The Morgan fingerprint density at radius 3 is 2.21 bits per heavy atom. The molecule has 1 fully saturated rings. The minimum absolute atomic E-state index is 0.168. The Morgan fingerprint density at radius 2 is 1.57 bits per heavy atom. The molecular formula is C21H22BrClN4O. The largest absolute Gasteiger partial charge is 0.369 e. The van der Waals surface area contributed by atoms with Crippen molar-refractivity contribution in [1.29, 1.82) is 0 Å². The maximum absolute atomic E-state index is 12.7. The quantitative estimate of drug-likeness (QED) is 0.591. The Morgan fingerprint density at radius 1 is 0.929 bits per heavy atom. The first-order valence-corrected chi connectivity index (χ1v) is 10.5. The van der Waals surface area contributed by atoms with Crippen molar-refractivity contribution in [2.24, 2.45) is 7.05 Å². The zero-order valence-electron chi connectivity index (χ0n) is 15.7. The Kier molecular flexibility index (Phi) is 5.62. The molecule has 2 heterocycles. The molecule has 3 aromatic rings. The fourth-order valence-corrected chi connectivity index (χ4v) is 4.20. The number of rotatable bonds is 4. The zero-order chi connectivity index (χ0) is 19.7. The van der Waals surface area contributed by atoms with Gasteiger partial charge in [0, 0.05) is 49.9 Å². The third kappa shape index (κ3) is 3.77. The van der Waals surface area contributed by atoms with Crippen LogP contribution in [0.1, 0.15) is 5.69 Å². The molecule has 1 aliphatic heterocycles. The molecule has 1 saturated heterocycles. The summed E-state index contributed by atoms with van der Waals surface area (Å²) in [6.45, 7) is 4.42. The van der Waals surface area contributed by atoms with E-state index in [1.165, 1.54) is 5.69 Å². The van der Waals surface area contributed by atoms with Crippen molar-refractivity contribution >= 4 is 33.2 Å². The lowest BCUT2D eigenvalue weighted by atomic mass is 10.2. The van der Waals surface area contributed by atoms with E-state index in [0.717, 1.165) is 42.0 Å². The molecular weight excluding hydrogens is 440 g/mol. The summed E-state index contributed by atoms with van der Waals surface area (Å²) in [7, 11) is 1.90. The molecule has 0 N–H and O–H groups in total. The first-order valence-electron chi connectivity index (χ1n) is 9.29. The first-order chi connectivity index (χ1) is 13.5. The molecule has 0 saturated carbocycles. The number of anilines is 1. The Bertz CT molecular complexity index is 1010. The van der Waals surface area contributed by atoms with E-state index in [9.17, 15) is 4.79 Å². The van der Waals surface area contributed by atoms with Crippen molar-refractivity contribution in [3.8, 4) is 5.69 Å². The smallest absolute Gasteiger partial charge is 0.290 e. The van der Waals surface area contributed by atoms with E-state index in [0.29, 0.717) is 11.6 Å². The van der Waals surface area contributed by atoms with E-state index in [1.54, 1.807) is 4.68 Å². The van der Waals surface area contributed by atoms with Crippen LogP contribution in [0.25, 0.3) is 5.69 Å². The van der Waals surface area contributed by atoms with E-state index >= 15 is 0 Å². The lowest BCUT2D eigenvalue weighted by Gasteiger charge is -2.36. The summed E-state index contributed by atoms with van der Waals surface area (Å²) in [5.41, 5.74) is 2.75. The molecule has 0 amide bonds. The van der Waals surface area contributed by atoms with Crippen LogP contribution in [0.5, 0.6) is 0 Å². The van der Waals surface area contributed by atoms with Gasteiger partial charge in [-0.25, -0.2) is 4.68 Å². The van der Waals surface area contributed by atoms with Gasteiger partial charge in [0.25, 0.3) is 5.56 Å². The molecule has 146 valence electrons. The van der Waals surface area contributed by atoms with Crippen LogP contribution < -0.4 is 10.5 Å². The topological polar surface area (TPSA) is 33.4 Å². The number of para-hydroxylation sites is 1. The molecule has 5 nitrogen and oxygen atoms in total. The highest BCUT2D eigenvalue weighted by Gasteiger charge is 2.22. The molecule has 4 rings (SSSR count). The maximum Gasteiger partial charge on any atom is 0.290 e. The van der Waals surface area contributed by atoms with Crippen LogP contribution in [0, 0.1) is 0 Å². The number of benzene rings is 2. The highest BCUT2D eigenvalue weighted by atomic mass is 79.9. The molecule has 7 heteroatoms. The Balaban J connectivity index is 1.49. The summed E-state index contributed by atoms with van der Waals surface area (Å²) in [4.78, 5) is 17.4. The zero-order valence-corrected chi connectivity index (χ0v) is 18.0. The number of piperazine rings is 1. The second kappa shape index (κ2) is 8.15. The molecule has 0 unspecified atom stereocenters. The second-order valence-electron chi connectivity index (χ2n) is 6.98. The van der Waals surface area contributed by atoms with E-state index in [1.807, 2.05) is 42.1 Å². The van der Waals surface area contributed by atoms with Crippen LogP contribution in [0.15, 0.2) is 63.9 Å². The maximum atomic E-state index is 12.7. The van der Waals surface area contributed by atoms with Gasteiger partial charge in [-0.2, -0.15) is 0 Å². The van der Waals surface area contributed by atoms with Gasteiger partial charge in [-0.15, -0.1) is 0 Å². The molecule has 0 atom stereocenters. The molecule has 2 aromatic carbocycles. The van der Waals surface area contributed by atoms with Crippen LogP contribution in [0.3, 0.4) is 0 Å². The fourth-order valence-electron chi connectivity index (χ4n) is 3.67. The van der Waals surface area contributed by atoms with Gasteiger partial charge in [-0.1, -0.05) is 45.7 Å². The Labute approximate surface area is 177 Å². The van der Waals surface area contributed by atoms with Gasteiger partial charge in [0.1, 0.15) is 5.02 Å². The summed E-state index contributed by atoms with van der Waals surface area (Å²) < 4.78 is 4.60. The summed E-state index contributed by atoms with van der Waals surface area (Å²) in [5.74, 6) is 0. The summed E-state index contributed by atoms with van der Waals surface area (Å²) in [6, 6.07) is 18.0. The van der Waals surface area contributed by atoms with E-state index in [4.69, 9.17) is 11.6 Å². The first kappa shape index (κ1) is 19.3. The minimum atomic E-state index is -0.168. The van der Waals surface area contributed by atoms with E-state index in [2.05, 4.69) is 50.0 Å². The number of halogens is 2. The van der Waals surface area contributed by atoms with Gasteiger partial charge in [0.05, 0.1) is 11.4 Å². The second-order valence-corrected chi connectivity index (χ2v) is 8.27. The van der Waals surface area contributed by atoms with Crippen LogP contribution in [0.4, 0.5) is 5.69 Å². The van der Waals surface area contributed by atoms with E-state index < -0.39 is 0 Å². The molecule has 0 aliphatic carbocycles. The molecule has 1 aromatic heterocycles. The Hall–Kier alpha value is -2.02. The van der Waals surface area contributed by atoms with Gasteiger partial charge < -0.3 is 4.90 Å². The molecule has 0 radical (unpaired) electrons. The molecule has 0 bridgehead atoms. The molecule has 1 aliphatic rings. The van der Waals surface area contributed by atoms with Crippen molar-refractivity contribution in [2.75, 3.05) is 31.1 Å². The average molecular weight is 462 g/mol. The van der Waals surface area contributed by atoms with Crippen LogP contribution in [0.2, 0.25) is 5.02 Å². The van der Waals surface area contributed by atoms with Crippen molar-refractivity contribution in [1.82, 2.24) is 14.3 Å². The summed E-state index contributed by atoms with van der Waals surface area (Å²) in [6.07, 6.45) is 0. The van der Waals surface area contributed by atoms with Gasteiger partial charge in [-0.05, 0) is 36.4 Å². The van der Waals surface area contributed by atoms with Crippen LogP contribution >= 0.6 is 27.5 Å². The standard InChI is InChI=1S/C21H22BrClN4O/c1-24-19(20(23)21(28)27(24)18-5-3-2-4-6-18)15-25-11-13-26(14-12-25)17-9-7-16(22)8-10-17/h2-10H,11-15H2,1H3. The minimum Gasteiger partial charge on any atom is -0.369 e. The third-order valence-electron chi connectivity index (χ3n) is 5.26. The highest BCUT2D eigenvalue weighted by molar-refractivity contribution is 9.10. The summed E-state index contributed by atoms with van der Waals surface area (Å²) in [5, 5.41) is 0.307. The number of nitrogens with zero attached hydrogens (tertiary/aromatic N) is 4. The van der Waals surface area contributed by atoms with Gasteiger partial charge in [0.2, 0.25) is 0 Å². The van der Waals surface area contributed by atoms with Gasteiger partial charge in [-0.3, -0.25) is 14.4 Å². The number of aromatic nitrogens is 2. The number of hydrogen-bond acceptors (Lipinski definition) is 3. The average Bonchev–Trinajstić information content (AvgIpc) is 2.93.